The van der Waals surface area contributed by atoms with Gasteiger partial charge in [-0.05, 0) is 72.9 Å². The summed E-state index contributed by atoms with van der Waals surface area (Å²) in [6.45, 7) is 11.8. The van der Waals surface area contributed by atoms with Crippen molar-refractivity contribution < 1.29 is 9.37 Å². The number of nitrogens with one attached hydrogen (secondary N) is 1. The van der Waals surface area contributed by atoms with Gasteiger partial charge in [-0.3, -0.25) is 0 Å². The second-order valence-electron chi connectivity index (χ2n) is 13.2. The highest BCUT2D eigenvalue weighted by Crippen LogP contribution is 2.43. The maximum atomic E-state index is 11.4. The molecule has 1 aliphatic heterocycles. The summed E-state index contributed by atoms with van der Waals surface area (Å²) in [5.41, 5.74) is 6.14. The first-order valence-corrected chi connectivity index (χ1v) is 16.0. The van der Waals surface area contributed by atoms with E-state index >= 15 is 0 Å². The fourth-order valence-electron chi connectivity index (χ4n) is 6.86. The Balaban J connectivity index is 1.39. The average molecular weight is 584 g/mol. The molecule has 0 aromatic heterocycles. The van der Waals surface area contributed by atoms with Crippen LogP contribution in [-0.4, -0.2) is 29.7 Å². The van der Waals surface area contributed by atoms with Crippen LogP contribution in [0.15, 0.2) is 115 Å². The second-order valence-corrected chi connectivity index (χ2v) is 13.2. The monoisotopic (exact) mass is 583 g/mol. The van der Waals surface area contributed by atoms with E-state index in [1.165, 1.54) is 49.8 Å². The molecule has 0 radical (unpaired) electrons. The lowest BCUT2D eigenvalue weighted by Gasteiger charge is -2.31. The Morgan fingerprint density at radius 1 is 0.818 bits per heavy atom. The number of benzene rings is 4. The van der Waals surface area contributed by atoms with Gasteiger partial charge < -0.3 is 10.1 Å². The molecule has 4 aromatic carbocycles. The first kappa shape index (κ1) is 31.2. The number of carbonyl (C=O) groups is 1. The van der Waals surface area contributed by atoms with Gasteiger partial charge in [-0.15, -0.1) is 0 Å². The Labute approximate surface area is 263 Å². The number of allylic oxidation sites excluding steroid dienone is 6. The van der Waals surface area contributed by atoms with Crippen molar-refractivity contribution in [2.75, 3.05) is 13.6 Å². The standard InChI is InChI=1S/C41H46N2O/c1-30(44)18-9-8-16-29-42-37(40(2,3)35-24-17-21-31-19-12-14-22-33(31)35)25-10-7-11-26-38-41(4,5)39-34-23-15-13-20-32(34)27-28-36(39)43(38)6/h7,10-15,17,19-28H,8-9,16,18,29H2,1-6H3/p+1. The summed E-state index contributed by atoms with van der Waals surface area (Å²) in [6.07, 6.45) is 14.7. The van der Waals surface area contributed by atoms with E-state index in [0.717, 1.165) is 25.8 Å². The van der Waals surface area contributed by atoms with Gasteiger partial charge in [0.2, 0.25) is 5.69 Å². The van der Waals surface area contributed by atoms with Crippen LogP contribution in [0.25, 0.3) is 21.5 Å². The minimum atomic E-state index is -0.223. The van der Waals surface area contributed by atoms with Crippen LogP contribution in [0.2, 0.25) is 0 Å². The molecule has 0 fully saturated rings. The summed E-state index contributed by atoms with van der Waals surface area (Å²) < 4.78 is 2.34. The van der Waals surface area contributed by atoms with Gasteiger partial charge in [0.25, 0.3) is 0 Å². The summed E-state index contributed by atoms with van der Waals surface area (Å²) in [6, 6.07) is 28.4. The molecule has 1 heterocycles. The summed E-state index contributed by atoms with van der Waals surface area (Å²) in [5.74, 6) is 0.274. The van der Waals surface area contributed by atoms with E-state index in [4.69, 9.17) is 0 Å². The van der Waals surface area contributed by atoms with Crippen molar-refractivity contribution in [1.82, 2.24) is 5.32 Å². The predicted octanol–water partition coefficient (Wildman–Crippen LogP) is 9.71. The lowest BCUT2D eigenvalue weighted by atomic mass is 9.78. The zero-order valence-electron chi connectivity index (χ0n) is 27.3. The van der Waals surface area contributed by atoms with Crippen molar-refractivity contribution >= 4 is 38.7 Å². The number of hydrogen-bond acceptors (Lipinski definition) is 2. The molecular formula is C41H47N2O+. The van der Waals surface area contributed by atoms with Crippen LogP contribution in [0.1, 0.15) is 71.4 Å². The average Bonchev–Trinajstić information content (AvgIpc) is 3.21. The SMILES string of the molecule is CC(=O)CCCCCN/C(=C/C=C/C=C/C1=[N+](C)c2ccc3ccccc3c2C1(C)C)C(C)(C)c1cccc2ccccc12. The highest BCUT2D eigenvalue weighted by molar-refractivity contribution is 6.07. The summed E-state index contributed by atoms with van der Waals surface area (Å²) >= 11 is 0. The Hall–Kier alpha value is -4.24. The molecular weight excluding hydrogens is 536 g/mol. The molecule has 0 amide bonds. The van der Waals surface area contributed by atoms with E-state index in [-0.39, 0.29) is 16.6 Å². The van der Waals surface area contributed by atoms with Crippen molar-refractivity contribution in [1.29, 1.82) is 0 Å². The lowest BCUT2D eigenvalue weighted by Crippen LogP contribution is -2.31. The first-order chi connectivity index (χ1) is 21.1. The minimum Gasteiger partial charge on any atom is -0.388 e. The predicted molar refractivity (Wildman–Crippen MR) is 188 cm³/mol. The Kier molecular flexibility index (Phi) is 9.34. The second kappa shape index (κ2) is 13.2. The number of Topliss-reactive ketones (excluding diaryl/α,β-unsaturated/α-hetero) is 1. The van der Waals surface area contributed by atoms with Crippen LogP contribution >= 0.6 is 0 Å². The quantitative estimate of drug-likeness (QED) is 0.102. The minimum absolute atomic E-state index is 0.101. The molecule has 4 aromatic rings. The fraction of sp³-hybridized carbons (Fsp3) is 0.317. The third kappa shape index (κ3) is 6.33. The molecule has 0 unspecified atom stereocenters. The topological polar surface area (TPSA) is 32.1 Å². The molecule has 5 rings (SSSR count). The van der Waals surface area contributed by atoms with Gasteiger partial charge in [-0.2, -0.15) is 4.58 Å². The molecule has 0 saturated carbocycles. The molecule has 226 valence electrons. The van der Waals surface area contributed by atoms with E-state index in [2.05, 4.69) is 154 Å². The highest BCUT2D eigenvalue weighted by Gasteiger charge is 2.44. The van der Waals surface area contributed by atoms with Gasteiger partial charge in [0.15, 0.2) is 5.71 Å². The number of fused-ring (bicyclic) bond motifs is 4. The largest absolute Gasteiger partial charge is 0.388 e. The van der Waals surface area contributed by atoms with Gasteiger partial charge >= 0.3 is 0 Å². The number of unbranched alkanes of at least 4 members (excludes halogenated alkanes) is 2. The normalized spacial score (nSPS) is 15.2. The Morgan fingerprint density at radius 2 is 1.50 bits per heavy atom. The molecule has 0 atom stereocenters. The number of hydrogen-bond donors (Lipinski definition) is 1. The smallest absolute Gasteiger partial charge is 0.210 e. The Bertz CT molecular complexity index is 1790. The zero-order chi connectivity index (χ0) is 31.3. The van der Waals surface area contributed by atoms with Crippen LogP contribution < -0.4 is 5.32 Å². The van der Waals surface area contributed by atoms with Crippen molar-refractivity contribution in [2.45, 2.75) is 71.1 Å². The van der Waals surface area contributed by atoms with Gasteiger partial charge in [0, 0.05) is 41.8 Å². The lowest BCUT2D eigenvalue weighted by molar-refractivity contribution is -0.401. The summed E-state index contributed by atoms with van der Waals surface area (Å²) in [7, 11) is 2.18. The number of carbonyl (C=O) groups excluding carboxylic acids is 1. The number of nitrogens with zero attached hydrogens (tertiary/aromatic N) is 1. The molecule has 0 spiro atoms. The van der Waals surface area contributed by atoms with Crippen molar-refractivity contribution in [3.8, 4) is 0 Å². The molecule has 0 saturated heterocycles. The van der Waals surface area contributed by atoms with Crippen LogP contribution in [0.4, 0.5) is 5.69 Å². The summed E-state index contributed by atoms with van der Waals surface area (Å²) in [5, 5.41) is 8.94. The molecule has 3 heteroatoms. The van der Waals surface area contributed by atoms with Crippen LogP contribution in [0, 0.1) is 0 Å². The third-order valence-electron chi connectivity index (χ3n) is 9.29. The van der Waals surface area contributed by atoms with Gasteiger partial charge in [0.1, 0.15) is 12.8 Å². The van der Waals surface area contributed by atoms with Crippen LogP contribution in [0.3, 0.4) is 0 Å². The molecule has 0 aliphatic carbocycles. The van der Waals surface area contributed by atoms with Crippen molar-refractivity contribution in [3.05, 3.63) is 126 Å². The number of rotatable bonds is 12. The van der Waals surface area contributed by atoms with Crippen LogP contribution in [0.5, 0.6) is 0 Å². The van der Waals surface area contributed by atoms with E-state index in [1.807, 2.05) is 0 Å². The van der Waals surface area contributed by atoms with Crippen molar-refractivity contribution in [2.24, 2.45) is 0 Å². The van der Waals surface area contributed by atoms with E-state index < -0.39 is 0 Å². The summed E-state index contributed by atoms with van der Waals surface area (Å²) in [4.78, 5) is 11.4. The van der Waals surface area contributed by atoms with Gasteiger partial charge in [-0.25, -0.2) is 0 Å². The molecule has 1 aliphatic rings. The molecule has 0 bridgehead atoms. The molecule has 1 N–H and O–H groups in total. The van der Waals surface area contributed by atoms with E-state index in [9.17, 15) is 4.79 Å². The van der Waals surface area contributed by atoms with E-state index in [1.54, 1.807) is 6.92 Å². The zero-order valence-corrected chi connectivity index (χ0v) is 27.3. The Morgan fingerprint density at radius 3 is 2.25 bits per heavy atom. The van der Waals surface area contributed by atoms with E-state index in [0.29, 0.717) is 6.42 Å². The molecule has 3 nitrogen and oxygen atoms in total. The van der Waals surface area contributed by atoms with Gasteiger partial charge in [0.05, 0.1) is 5.41 Å². The molecule has 44 heavy (non-hydrogen) atoms. The van der Waals surface area contributed by atoms with Crippen LogP contribution in [-0.2, 0) is 15.6 Å². The number of ketones is 1. The highest BCUT2D eigenvalue weighted by atomic mass is 16.1. The maximum Gasteiger partial charge on any atom is 0.210 e. The first-order valence-electron chi connectivity index (χ1n) is 16.0. The fourth-order valence-corrected chi connectivity index (χ4v) is 6.86. The van der Waals surface area contributed by atoms with Gasteiger partial charge in [-0.1, -0.05) is 105 Å². The third-order valence-corrected chi connectivity index (χ3v) is 9.29. The maximum absolute atomic E-state index is 11.4. The van der Waals surface area contributed by atoms with Crippen molar-refractivity contribution in [3.63, 3.8) is 0 Å².